The fourth-order valence-corrected chi connectivity index (χ4v) is 2.76. The SMILES string of the molecule is CCN(C)C(=O)NCC1(C)CCCS1. The molecular formula is C10H20N2OS. The van der Waals surface area contributed by atoms with Crippen molar-refractivity contribution in [3.05, 3.63) is 0 Å². The van der Waals surface area contributed by atoms with Crippen molar-refractivity contribution in [3.8, 4) is 0 Å². The predicted octanol–water partition coefficient (Wildman–Crippen LogP) is 1.93. The molecule has 82 valence electrons. The molecule has 0 aromatic carbocycles. The van der Waals surface area contributed by atoms with E-state index in [0.29, 0.717) is 0 Å². The molecule has 1 aliphatic heterocycles. The van der Waals surface area contributed by atoms with E-state index in [2.05, 4.69) is 12.2 Å². The summed E-state index contributed by atoms with van der Waals surface area (Å²) in [6.45, 7) is 5.76. The van der Waals surface area contributed by atoms with Crippen molar-refractivity contribution < 1.29 is 4.79 Å². The van der Waals surface area contributed by atoms with Crippen LogP contribution in [0.2, 0.25) is 0 Å². The Morgan fingerprint density at radius 3 is 2.86 bits per heavy atom. The summed E-state index contributed by atoms with van der Waals surface area (Å²) in [4.78, 5) is 13.2. The van der Waals surface area contributed by atoms with Gasteiger partial charge >= 0.3 is 6.03 Å². The fourth-order valence-electron chi connectivity index (χ4n) is 1.52. The number of hydrogen-bond acceptors (Lipinski definition) is 2. The first-order chi connectivity index (χ1) is 6.57. The molecule has 1 heterocycles. The highest BCUT2D eigenvalue weighted by Crippen LogP contribution is 2.36. The van der Waals surface area contributed by atoms with Crippen LogP contribution in [0.15, 0.2) is 0 Å². The van der Waals surface area contributed by atoms with Crippen LogP contribution < -0.4 is 5.32 Å². The standard InChI is InChI=1S/C10H20N2OS/c1-4-12(3)9(13)11-8-10(2)6-5-7-14-10/h4-8H2,1-3H3,(H,11,13). The molecular weight excluding hydrogens is 196 g/mol. The maximum Gasteiger partial charge on any atom is 0.317 e. The molecule has 14 heavy (non-hydrogen) atoms. The number of amides is 2. The van der Waals surface area contributed by atoms with Gasteiger partial charge in [0.05, 0.1) is 0 Å². The average Bonchev–Trinajstić information content (AvgIpc) is 2.61. The molecule has 1 saturated heterocycles. The van der Waals surface area contributed by atoms with E-state index in [-0.39, 0.29) is 10.8 Å². The van der Waals surface area contributed by atoms with Gasteiger partial charge in [-0.1, -0.05) is 0 Å². The molecule has 1 N–H and O–H groups in total. The summed E-state index contributed by atoms with van der Waals surface area (Å²) >= 11 is 1.97. The van der Waals surface area contributed by atoms with E-state index < -0.39 is 0 Å². The molecule has 0 aromatic heterocycles. The molecule has 0 saturated carbocycles. The van der Waals surface area contributed by atoms with Crippen LogP contribution in [0.4, 0.5) is 4.79 Å². The summed E-state index contributed by atoms with van der Waals surface area (Å²) in [6, 6.07) is 0.0428. The number of urea groups is 1. The largest absolute Gasteiger partial charge is 0.337 e. The van der Waals surface area contributed by atoms with Crippen LogP contribution in [0.1, 0.15) is 26.7 Å². The van der Waals surface area contributed by atoms with Crippen LogP contribution >= 0.6 is 11.8 Å². The molecule has 2 amide bonds. The molecule has 0 aromatic rings. The van der Waals surface area contributed by atoms with Crippen LogP contribution in [0.3, 0.4) is 0 Å². The van der Waals surface area contributed by atoms with Crippen molar-refractivity contribution in [2.45, 2.75) is 31.4 Å². The second-order valence-corrected chi connectivity index (χ2v) is 5.76. The van der Waals surface area contributed by atoms with E-state index in [9.17, 15) is 4.79 Å². The average molecular weight is 216 g/mol. The summed E-state index contributed by atoms with van der Waals surface area (Å²) < 4.78 is 0.268. The van der Waals surface area contributed by atoms with Gasteiger partial charge in [0.1, 0.15) is 0 Å². The lowest BCUT2D eigenvalue weighted by atomic mass is 10.1. The monoisotopic (exact) mass is 216 g/mol. The third-order valence-corrected chi connectivity index (χ3v) is 4.27. The zero-order valence-corrected chi connectivity index (χ0v) is 10.1. The van der Waals surface area contributed by atoms with Gasteiger partial charge in [-0.2, -0.15) is 11.8 Å². The Balaban J connectivity index is 2.29. The Labute approximate surface area is 90.6 Å². The maximum absolute atomic E-state index is 11.5. The first-order valence-electron chi connectivity index (χ1n) is 5.20. The van der Waals surface area contributed by atoms with Crippen molar-refractivity contribution in [2.75, 3.05) is 25.9 Å². The molecule has 0 radical (unpaired) electrons. The topological polar surface area (TPSA) is 32.3 Å². The fraction of sp³-hybridized carbons (Fsp3) is 0.900. The van der Waals surface area contributed by atoms with Gasteiger partial charge in [0.2, 0.25) is 0 Å². The Morgan fingerprint density at radius 1 is 1.64 bits per heavy atom. The zero-order valence-electron chi connectivity index (χ0n) is 9.30. The molecule has 1 fully saturated rings. The zero-order chi connectivity index (χ0) is 10.6. The molecule has 3 nitrogen and oxygen atoms in total. The Hall–Kier alpha value is -0.380. The minimum absolute atomic E-state index is 0.0428. The summed E-state index contributed by atoms with van der Waals surface area (Å²) in [5.74, 6) is 1.23. The second kappa shape index (κ2) is 4.91. The van der Waals surface area contributed by atoms with Crippen molar-refractivity contribution >= 4 is 17.8 Å². The minimum Gasteiger partial charge on any atom is -0.337 e. The van der Waals surface area contributed by atoms with E-state index in [4.69, 9.17) is 0 Å². The van der Waals surface area contributed by atoms with Gasteiger partial charge in [-0.25, -0.2) is 4.79 Å². The van der Waals surface area contributed by atoms with Crippen LogP contribution in [-0.2, 0) is 0 Å². The number of rotatable bonds is 3. The van der Waals surface area contributed by atoms with Gasteiger partial charge in [0.25, 0.3) is 0 Å². The van der Waals surface area contributed by atoms with Gasteiger partial charge in [-0.05, 0) is 32.4 Å². The van der Waals surface area contributed by atoms with E-state index in [1.165, 1.54) is 18.6 Å². The van der Waals surface area contributed by atoms with Crippen LogP contribution in [0.5, 0.6) is 0 Å². The third kappa shape index (κ3) is 3.08. The van der Waals surface area contributed by atoms with Crippen molar-refractivity contribution in [1.29, 1.82) is 0 Å². The van der Waals surface area contributed by atoms with Crippen molar-refractivity contribution in [2.24, 2.45) is 0 Å². The molecule has 1 aliphatic rings. The predicted molar refractivity (Wildman–Crippen MR) is 61.8 cm³/mol. The summed E-state index contributed by atoms with van der Waals surface area (Å²) in [6.07, 6.45) is 2.49. The van der Waals surface area contributed by atoms with E-state index in [1.54, 1.807) is 4.90 Å². The van der Waals surface area contributed by atoms with Crippen LogP contribution in [0, 0.1) is 0 Å². The quantitative estimate of drug-likeness (QED) is 0.782. The normalized spacial score (nSPS) is 26.2. The molecule has 0 spiro atoms. The van der Waals surface area contributed by atoms with Gasteiger partial charge < -0.3 is 10.2 Å². The van der Waals surface area contributed by atoms with Crippen molar-refractivity contribution in [1.82, 2.24) is 10.2 Å². The molecule has 1 rings (SSSR count). The van der Waals surface area contributed by atoms with Gasteiger partial charge in [-0.3, -0.25) is 0 Å². The van der Waals surface area contributed by atoms with E-state index in [0.717, 1.165) is 13.1 Å². The van der Waals surface area contributed by atoms with Crippen LogP contribution in [0.25, 0.3) is 0 Å². The van der Waals surface area contributed by atoms with Crippen molar-refractivity contribution in [3.63, 3.8) is 0 Å². The van der Waals surface area contributed by atoms with E-state index in [1.807, 2.05) is 25.7 Å². The van der Waals surface area contributed by atoms with Gasteiger partial charge in [0.15, 0.2) is 0 Å². The third-order valence-electron chi connectivity index (χ3n) is 2.74. The number of hydrogen-bond donors (Lipinski definition) is 1. The Bertz CT molecular complexity index is 202. The maximum atomic E-state index is 11.5. The summed E-state index contributed by atoms with van der Waals surface area (Å²) in [5.41, 5.74) is 0. The molecule has 0 bridgehead atoms. The molecule has 4 heteroatoms. The lowest BCUT2D eigenvalue weighted by molar-refractivity contribution is 0.210. The summed E-state index contributed by atoms with van der Waals surface area (Å²) in [5, 5.41) is 2.98. The first-order valence-corrected chi connectivity index (χ1v) is 6.19. The molecule has 1 atom stereocenters. The molecule has 0 aliphatic carbocycles. The number of carbonyl (C=O) groups is 1. The number of nitrogens with one attached hydrogen (secondary N) is 1. The van der Waals surface area contributed by atoms with E-state index >= 15 is 0 Å². The lowest BCUT2D eigenvalue weighted by Gasteiger charge is -2.24. The highest BCUT2D eigenvalue weighted by Gasteiger charge is 2.29. The first kappa shape index (κ1) is 11.7. The minimum atomic E-state index is 0.0428. The highest BCUT2D eigenvalue weighted by molar-refractivity contribution is 8.00. The Morgan fingerprint density at radius 2 is 2.36 bits per heavy atom. The highest BCUT2D eigenvalue weighted by atomic mass is 32.2. The van der Waals surface area contributed by atoms with Gasteiger partial charge in [-0.15, -0.1) is 0 Å². The lowest BCUT2D eigenvalue weighted by Crippen LogP contribution is -2.43. The number of nitrogens with zero attached hydrogens (tertiary/aromatic N) is 1. The second-order valence-electron chi connectivity index (χ2n) is 4.07. The number of thioether (sulfide) groups is 1. The Kier molecular flexibility index (Phi) is 4.11. The van der Waals surface area contributed by atoms with Crippen LogP contribution in [-0.4, -0.2) is 41.6 Å². The summed E-state index contributed by atoms with van der Waals surface area (Å²) in [7, 11) is 1.82. The van der Waals surface area contributed by atoms with Gasteiger partial charge in [0, 0.05) is 24.9 Å². The molecule has 1 unspecified atom stereocenters. The number of carbonyl (C=O) groups excluding carboxylic acids is 1. The smallest absolute Gasteiger partial charge is 0.317 e.